The first kappa shape index (κ1) is 22.8. The van der Waals surface area contributed by atoms with E-state index in [9.17, 15) is 18.0 Å². The smallest absolute Gasteiger partial charge is 0.307 e. The molecule has 0 unspecified atom stereocenters. The van der Waals surface area contributed by atoms with Crippen molar-refractivity contribution in [1.29, 1.82) is 0 Å². The number of aromatic nitrogens is 2. The van der Waals surface area contributed by atoms with Gasteiger partial charge in [0.2, 0.25) is 0 Å². The van der Waals surface area contributed by atoms with Gasteiger partial charge in [-0.15, -0.1) is 22.7 Å². The number of anilines is 1. The summed E-state index contributed by atoms with van der Waals surface area (Å²) in [7, 11) is -4.13. The van der Waals surface area contributed by atoms with Crippen LogP contribution in [-0.2, 0) is 10.0 Å². The molecule has 5 rings (SSSR count). The van der Waals surface area contributed by atoms with Gasteiger partial charge in [0.25, 0.3) is 15.6 Å². The van der Waals surface area contributed by atoms with Crippen molar-refractivity contribution in [2.75, 3.05) is 5.32 Å². The number of nitrogens with zero attached hydrogens (tertiary/aromatic N) is 2. The highest BCUT2D eigenvalue weighted by molar-refractivity contribution is 7.92. The number of benzene rings is 2. The number of carbonyl (C=O) groups excluding carboxylic acids is 1. The van der Waals surface area contributed by atoms with Gasteiger partial charge in [0.05, 0.1) is 20.7 Å². The molecule has 0 aliphatic rings. The van der Waals surface area contributed by atoms with Crippen LogP contribution < -0.4 is 15.6 Å². The van der Waals surface area contributed by atoms with Crippen molar-refractivity contribution in [3.8, 4) is 5.69 Å². The van der Waals surface area contributed by atoms with E-state index in [1.165, 1.54) is 22.0 Å². The fourth-order valence-corrected chi connectivity index (χ4v) is 6.78. The lowest BCUT2D eigenvalue weighted by Gasteiger charge is -2.10. The zero-order valence-corrected chi connectivity index (χ0v) is 20.7. The average molecular weight is 551 g/mol. The standard InChI is InChI=1S/C21H12Cl2N4O4S3/c22-15-9-18(33-19(15)23)34(30,31)26-21(29)25-12-1-3-13(4-2-12)27-6-5-11-7-16-17(32-10-24-16)8-14(11)20(27)28/h1-10H,(H2,25,26,29). The summed E-state index contributed by atoms with van der Waals surface area (Å²) < 4.78 is 28.9. The van der Waals surface area contributed by atoms with Crippen molar-refractivity contribution in [3.05, 3.63) is 80.0 Å². The molecule has 2 amide bonds. The number of amides is 2. The van der Waals surface area contributed by atoms with E-state index in [4.69, 9.17) is 23.2 Å². The van der Waals surface area contributed by atoms with Crippen LogP contribution in [-0.4, -0.2) is 24.0 Å². The van der Waals surface area contributed by atoms with E-state index in [1.807, 2.05) is 22.9 Å². The molecular weight excluding hydrogens is 539 g/mol. The molecule has 0 fully saturated rings. The van der Waals surface area contributed by atoms with Gasteiger partial charge in [-0.25, -0.2) is 22.9 Å². The topological polar surface area (TPSA) is 110 Å². The number of thiophene rings is 1. The lowest BCUT2D eigenvalue weighted by Crippen LogP contribution is -2.33. The van der Waals surface area contributed by atoms with E-state index < -0.39 is 16.1 Å². The third kappa shape index (κ3) is 4.28. The Hall–Kier alpha value is -2.96. The molecule has 0 saturated heterocycles. The van der Waals surface area contributed by atoms with Gasteiger partial charge in [-0.1, -0.05) is 23.2 Å². The van der Waals surface area contributed by atoms with Crippen LogP contribution in [0.4, 0.5) is 10.5 Å². The number of fused-ring (bicyclic) bond motifs is 2. The van der Waals surface area contributed by atoms with E-state index in [0.29, 0.717) is 16.8 Å². The predicted molar refractivity (Wildman–Crippen MR) is 136 cm³/mol. The second-order valence-corrected chi connectivity index (χ2v) is 11.9. The molecule has 0 aliphatic heterocycles. The largest absolute Gasteiger partial charge is 0.333 e. The minimum atomic E-state index is -4.13. The highest BCUT2D eigenvalue weighted by Crippen LogP contribution is 2.34. The van der Waals surface area contributed by atoms with E-state index >= 15 is 0 Å². The highest BCUT2D eigenvalue weighted by Gasteiger charge is 2.22. The van der Waals surface area contributed by atoms with Crippen molar-refractivity contribution < 1.29 is 13.2 Å². The van der Waals surface area contributed by atoms with Crippen molar-refractivity contribution >= 4 is 88.6 Å². The van der Waals surface area contributed by atoms with E-state index in [-0.39, 0.29) is 19.1 Å². The van der Waals surface area contributed by atoms with Crippen LogP contribution in [0.15, 0.2) is 69.2 Å². The second-order valence-electron chi connectivity index (χ2n) is 7.04. The Morgan fingerprint density at radius 2 is 1.82 bits per heavy atom. The molecule has 0 bridgehead atoms. The van der Waals surface area contributed by atoms with Crippen LogP contribution in [0.25, 0.3) is 26.7 Å². The van der Waals surface area contributed by atoms with Crippen LogP contribution in [0.5, 0.6) is 0 Å². The van der Waals surface area contributed by atoms with Crippen LogP contribution in [0.3, 0.4) is 0 Å². The van der Waals surface area contributed by atoms with Gasteiger partial charge < -0.3 is 5.32 Å². The fraction of sp³-hybridized carbons (Fsp3) is 0. The molecule has 0 saturated carbocycles. The molecule has 3 heterocycles. The molecule has 3 aromatic heterocycles. The molecule has 172 valence electrons. The first-order valence-corrected chi connectivity index (χ1v) is 13.4. The van der Waals surface area contributed by atoms with Crippen molar-refractivity contribution in [3.63, 3.8) is 0 Å². The normalized spacial score (nSPS) is 11.7. The fourth-order valence-electron chi connectivity index (χ4n) is 3.29. The number of sulfonamides is 1. The first-order valence-electron chi connectivity index (χ1n) is 9.49. The molecule has 2 aromatic carbocycles. The third-order valence-electron chi connectivity index (χ3n) is 4.87. The second kappa shape index (κ2) is 8.67. The maximum absolute atomic E-state index is 13.1. The SMILES string of the molecule is O=C(Nc1ccc(-n2ccc3cc4ncsc4cc3c2=O)cc1)NS(=O)(=O)c1cc(Cl)c(Cl)s1. The number of carbonyl (C=O) groups is 1. The van der Waals surface area contributed by atoms with E-state index in [1.54, 1.807) is 36.0 Å². The van der Waals surface area contributed by atoms with Gasteiger partial charge >= 0.3 is 6.03 Å². The van der Waals surface area contributed by atoms with Gasteiger partial charge in [-0.2, -0.15) is 0 Å². The van der Waals surface area contributed by atoms with Crippen molar-refractivity contribution in [2.45, 2.75) is 4.21 Å². The number of urea groups is 1. The number of thiazole rings is 1. The van der Waals surface area contributed by atoms with Gasteiger partial charge in [0, 0.05) is 23.0 Å². The molecule has 5 aromatic rings. The summed E-state index contributed by atoms with van der Waals surface area (Å²) >= 11 is 13.8. The molecule has 0 aliphatic carbocycles. The van der Waals surface area contributed by atoms with Crippen molar-refractivity contribution in [1.82, 2.24) is 14.3 Å². The Labute approximate surface area is 210 Å². The van der Waals surface area contributed by atoms with E-state index in [2.05, 4.69) is 10.3 Å². The maximum atomic E-state index is 13.1. The Kier molecular flexibility index (Phi) is 5.82. The summed E-state index contributed by atoms with van der Waals surface area (Å²) in [5.74, 6) is 0. The summed E-state index contributed by atoms with van der Waals surface area (Å²) in [5.41, 5.74) is 3.30. The van der Waals surface area contributed by atoms with Gasteiger partial charge in [-0.3, -0.25) is 9.36 Å². The lowest BCUT2D eigenvalue weighted by atomic mass is 10.1. The van der Waals surface area contributed by atoms with Crippen LogP contribution in [0.2, 0.25) is 9.36 Å². The van der Waals surface area contributed by atoms with Gasteiger partial charge in [0.1, 0.15) is 8.55 Å². The van der Waals surface area contributed by atoms with Crippen LogP contribution in [0.1, 0.15) is 0 Å². The number of rotatable bonds is 4. The monoisotopic (exact) mass is 550 g/mol. The molecule has 2 N–H and O–H groups in total. The Bertz CT molecular complexity index is 1720. The summed E-state index contributed by atoms with van der Waals surface area (Å²) in [5, 5.41) is 3.90. The summed E-state index contributed by atoms with van der Waals surface area (Å²) in [4.78, 5) is 29.5. The molecular formula is C21H12Cl2N4O4S3. The maximum Gasteiger partial charge on any atom is 0.333 e. The third-order valence-corrected chi connectivity index (χ3v) is 9.33. The van der Waals surface area contributed by atoms with Crippen LogP contribution in [0, 0.1) is 0 Å². The average Bonchev–Trinajstić information content (AvgIpc) is 3.39. The Morgan fingerprint density at radius 1 is 1.06 bits per heavy atom. The summed E-state index contributed by atoms with van der Waals surface area (Å²) in [6.07, 6.45) is 1.67. The minimum absolute atomic E-state index is 0.0865. The van der Waals surface area contributed by atoms with Gasteiger partial charge in [0.15, 0.2) is 0 Å². The zero-order chi connectivity index (χ0) is 24.0. The Morgan fingerprint density at radius 3 is 2.53 bits per heavy atom. The lowest BCUT2D eigenvalue weighted by molar-refractivity contribution is 0.256. The number of hydrogen-bond donors (Lipinski definition) is 2. The number of halogens is 2. The molecule has 0 spiro atoms. The predicted octanol–water partition coefficient (Wildman–Crippen LogP) is 5.48. The molecule has 8 nitrogen and oxygen atoms in total. The summed E-state index contributed by atoms with van der Waals surface area (Å²) in [6.45, 7) is 0. The summed E-state index contributed by atoms with van der Waals surface area (Å²) in [6, 6.07) is 12.2. The van der Waals surface area contributed by atoms with Crippen molar-refractivity contribution in [2.24, 2.45) is 0 Å². The minimum Gasteiger partial charge on any atom is -0.307 e. The number of pyridine rings is 1. The molecule has 0 atom stereocenters. The highest BCUT2D eigenvalue weighted by atomic mass is 35.5. The van der Waals surface area contributed by atoms with Crippen LogP contribution >= 0.6 is 45.9 Å². The first-order chi connectivity index (χ1) is 16.2. The van der Waals surface area contributed by atoms with E-state index in [0.717, 1.165) is 26.9 Å². The zero-order valence-electron chi connectivity index (χ0n) is 16.8. The quantitative estimate of drug-likeness (QED) is 0.308. The molecule has 13 heteroatoms. The van der Waals surface area contributed by atoms with Gasteiger partial charge in [-0.05, 0) is 53.9 Å². The Balaban J connectivity index is 1.36. The number of hydrogen-bond acceptors (Lipinski definition) is 7. The number of nitrogens with one attached hydrogen (secondary N) is 2. The molecule has 0 radical (unpaired) electrons. The molecule has 34 heavy (non-hydrogen) atoms.